The predicted molar refractivity (Wildman–Crippen MR) is 116 cm³/mol. The zero-order valence-electron chi connectivity index (χ0n) is 18.7. The summed E-state index contributed by atoms with van der Waals surface area (Å²) in [6.07, 6.45) is 1.19. The molecule has 0 unspecified atom stereocenters. The van der Waals surface area contributed by atoms with Crippen LogP contribution in [-0.2, 0) is 12.7 Å². The Morgan fingerprint density at radius 2 is 1.97 bits per heavy atom. The highest BCUT2D eigenvalue weighted by molar-refractivity contribution is 5.95. The van der Waals surface area contributed by atoms with Crippen molar-refractivity contribution in [2.24, 2.45) is 0 Å². The van der Waals surface area contributed by atoms with Gasteiger partial charge in [0.05, 0.1) is 29.6 Å². The number of nitrogens with zero attached hydrogens (tertiary/aromatic N) is 4. The molecule has 3 aromatic heterocycles. The molecule has 3 heterocycles. The van der Waals surface area contributed by atoms with Crippen LogP contribution in [0.2, 0.25) is 0 Å². The van der Waals surface area contributed by atoms with Gasteiger partial charge in [0, 0.05) is 24.5 Å². The number of ether oxygens (including phenoxy) is 1. The predicted octanol–water partition coefficient (Wildman–Crippen LogP) is 4.91. The molecular formula is C23H26F3N5O2. The third-order valence-electron chi connectivity index (χ3n) is 4.92. The molecule has 0 radical (unpaired) electrons. The van der Waals surface area contributed by atoms with Crippen molar-refractivity contribution in [3.8, 4) is 11.7 Å². The molecule has 0 bridgehead atoms. The lowest BCUT2D eigenvalue weighted by Crippen LogP contribution is -2.24. The van der Waals surface area contributed by atoms with E-state index in [1.807, 2.05) is 19.9 Å². The minimum atomic E-state index is -4.48. The molecule has 1 amide bonds. The number of halogens is 3. The van der Waals surface area contributed by atoms with Crippen LogP contribution in [0.1, 0.15) is 66.7 Å². The van der Waals surface area contributed by atoms with Crippen LogP contribution in [0.3, 0.4) is 0 Å². The normalized spacial score (nSPS) is 11.6. The van der Waals surface area contributed by atoms with Crippen molar-refractivity contribution in [1.82, 2.24) is 25.1 Å². The van der Waals surface area contributed by atoms with Gasteiger partial charge in [-0.3, -0.25) is 4.79 Å². The van der Waals surface area contributed by atoms with E-state index in [0.29, 0.717) is 23.7 Å². The van der Waals surface area contributed by atoms with Crippen LogP contribution in [0.15, 0.2) is 42.9 Å². The summed E-state index contributed by atoms with van der Waals surface area (Å²) in [5.41, 5.74) is 0.759. The smallest absolute Gasteiger partial charge is 0.417 e. The van der Waals surface area contributed by atoms with Crippen LogP contribution in [0.5, 0.6) is 5.88 Å². The highest BCUT2D eigenvalue weighted by Crippen LogP contribution is 2.29. The fraction of sp³-hybridized carbons (Fsp3) is 0.391. The van der Waals surface area contributed by atoms with E-state index < -0.39 is 11.7 Å². The summed E-state index contributed by atoms with van der Waals surface area (Å²) < 4.78 is 45.6. The standard InChI is InChI=1S/C23H26F3N5O2/c1-4-5-11-33-22-16(7-6-10-27-22)12-29-21(32)18-14-30-31(20(18)15(2)3)19-9-8-17(13-28-19)23(24,25)26/h6-10,13-15H,4-5,11-12H2,1-3H3,(H,29,32). The van der Waals surface area contributed by atoms with Crippen LogP contribution in [0.25, 0.3) is 5.82 Å². The number of hydrogen-bond donors (Lipinski definition) is 1. The Bertz CT molecular complexity index is 1080. The van der Waals surface area contributed by atoms with E-state index in [1.54, 1.807) is 12.3 Å². The zero-order valence-corrected chi connectivity index (χ0v) is 18.7. The monoisotopic (exact) mass is 461 g/mol. The minimum Gasteiger partial charge on any atom is -0.477 e. The molecule has 0 aliphatic heterocycles. The lowest BCUT2D eigenvalue weighted by molar-refractivity contribution is -0.137. The molecule has 176 valence electrons. The summed E-state index contributed by atoms with van der Waals surface area (Å²) in [4.78, 5) is 21.1. The first kappa shape index (κ1) is 24.2. The average molecular weight is 461 g/mol. The van der Waals surface area contributed by atoms with E-state index >= 15 is 0 Å². The second-order valence-electron chi connectivity index (χ2n) is 7.77. The summed E-state index contributed by atoms with van der Waals surface area (Å²) >= 11 is 0. The molecule has 0 fully saturated rings. The van der Waals surface area contributed by atoms with Crippen molar-refractivity contribution >= 4 is 5.91 Å². The van der Waals surface area contributed by atoms with Gasteiger partial charge in [0.15, 0.2) is 5.82 Å². The second-order valence-corrected chi connectivity index (χ2v) is 7.77. The number of carbonyl (C=O) groups excluding carboxylic acids is 1. The summed E-state index contributed by atoms with van der Waals surface area (Å²) in [6, 6.07) is 5.77. The van der Waals surface area contributed by atoms with Gasteiger partial charge in [-0.2, -0.15) is 18.3 Å². The van der Waals surface area contributed by atoms with E-state index in [9.17, 15) is 18.0 Å². The van der Waals surface area contributed by atoms with Crippen LogP contribution >= 0.6 is 0 Å². The Balaban J connectivity index is 1.79. The quantitative estimate of drug-likeness (QED) is 0.458. The topological polar surface area (TPSA) is 81.9 Å². The summed E-state index contributed by atoms with van der Waals surface area (Å²) in [5, 5.41) is 7.07. The first-order chi connectivity index (χ1) is 15.7. The minimum absolute atomic E-state index is 0.135. The van der Waals surface area contributed by atoms with E-state index in [2.05, 4.69) is 27.3 Å². The zero-order chi connectivity index (χ0) is 24.0. The van der Waals surface area contributed by atoms with Gasteiger partial charge in [-0.05, 0) is 30.5 Å². The van der Waals surface area contributed by atoms with E-state index in [1.165, 1.54) is 16.9 Å². The largest absolute Gasteiger partial charge is 0.477 e. The SMILES string of the molecule is CCCCOc1ncccc1CNC(=O)c1cnn(-c2ccc(C(F)(F)F)cn2)c1C(C)C. The number of aromatic nitrogens is 4. The Morgan fingerprint density at radius 1 is 1.18 bits per heavy atom. The molecule has 0 aromatic carbocycles. The maximum atomic E-state index is 13.0. The summed E-state index contributed by atoms with van der Waals surface area (Å²) in [5.74, 6) is 0.175. The van der Waals surface area contributed by atoms with Crippen molar-refractivity contribution in [2.75, 3.05) is 6.61 Å². The Hall–Kier alpha value is -3.43. The van der Waals surface area contributed by atoms with E-state index in [-0.39, 0.29) is 24.2 Å². The molecule has 0 saturated carbocycles. The number of alkyl halides is 3. The highest BCUT2D eigenvalue weighted by Gasteiger charge is 2.31. The number of unbranched alkanes of at least 4 members (excludes halogenated alkanes) is 1. The van der Waals surface area contributed by atoms with Gasteiger partial charge in [0.25, 0.3) is 5.91 Å². The third-order valence-corrected chi connectivity index (χ3v) is 4.92. The van der Waals surface area contributed by atoms with Crippen LogP contribution in [0, 0.1) is 0 Å². The lowest BCUT2D eigenvalue weighted by atomic mass is 10.1. The fourth-order valence-electron chi connectivity index (χ4n) is 3.22. The number of rotatable bonds is 9. The Kier molecular flexibility index (Phi) is 7.67. The van der Waals surface area contributed by atoms with Crippen molar-refractivity contribution < 1.29 is 22.7 Å². The molecule has 0 spiro atoms. The maximum absolute atomic E-state index is 13.0. The van der Waals surface area contributed by atoms with Gasteiger partial charge in [-0.1, -0.05) is 33.3 Å². The van der Waals surface area contributed by atoms with E-state index in [0.717, 1.165) is 30.7 Å². The number of carbonyl (C=O) groups is 1. The summed E-state index contributed by atoms with van der Waals surface area (Å²) in [6.45, 7) is 6.55. The van der Waals surface area contributed by atoms with E-state index in [4.69, 9.17) is 4.74 Å². The van der Waals surface area contributed by atoms with Crippen molar-refractivity contribution in [3.05, 3.63) is 65.2 Å². The van der Waals surface area contributed by atoms with Gasteiger partial charge in [0.2, 0.25) is 5.88 Å². The lowest BCUT2D eigenvalue weighted by Gasteiger charge is -2.14. The van der Waals surface area contributed by atoms with Crippen molar-refractivity contribution in [2.45, 2.75) is 52.3 Å². The highest BCUT2D eigenvalue weighted by atomic mass is 19.4. The first-order valence-electron chi connectivity index (χ1n) is 10.7. The van der Waals surface area contributed by atoms with Crippen molar-refractivity contribution in [3.63, 3.8) is 0 Å². The summed E-state index contributed by atoms with van der Waals surface area (Å²) in [7, 11) is 0. The van der Waals surface area contributed by atoms with Crippen molar-refractivity contribution in [1.29, 1.82) is 0 Å². The molecule has 0 aliphatic carbocycles. The molecule has 1 N–H and O–H groups in total. The number of amides is 1. The molecule has 0 saturated heterocycles. The average Bonchev–Trinajstić information content (AvgIpc) is 3.23. The molecular weight excluding hydrogens is 435 g/mol. The van der Waals surface area contributed by atoms with Crippen LogP contribution in [0.4, 0.5) is 13.2 Å². The molecule has 3 aromatic rings. The molecule has 0 atom stereocenters. The molecule has 33 heavy (non-hydrogen) atoms. The second kappa shape index (κ2) is 10.5. The van der Waals surface area contributed by atoms with Gasteiger partial charge in [0.1, 0.15) is 0 Å². The molecule has 10 heteroatoms. The third kappa shape index (κ3) is 5.88. The Labute approximate surface area is 190 Å². The number of pyridine rings is 2. The van der Waals surface area contributed by atoms with Gasteiger partial charge < -0.3 is 10.1 Å². The van der Waals surface area contributed by atoms with Gasteiger partial charge in [-0.15, -0.1) is 0 Å². The maximum Gasteiger partial charge on any atom is 0.417 e. The van der Waals surface area contributed by atoms with Gasteiger partial charge >= 0.3 is 6.18 Å². The van der Waals surface area contributed by atoms with Crippen LogP contribution in [-0.4, -0.2) is 32.3 Å². The van der Waals surface area contributed by atoms with Crippen LogP contribution < -0.4 is 10.1 Å². The molecule has 7 nitrogen and oxygen atoms in total. The molecule has 3 rings (SSSR count). The van der Waals surface area contributed by atoms with Gasteiger partial charge in [-0.25, -0.2) is 14.6 Å². The Morgan fingerprint density at radius 3 is 2.61 bits per heavy atom. The first-order valence-corrected chi connectivity index (χ1v) is 10.7. The number of hydrogen-bond acceptors (Lipinski definition) is 5. The fourth-order valence-corrected chi connectivity index (χ4v) is 3.22. The molecule has 0 aliphatic rings. The number of nitrogens with one attached hydrogen (secondary N) is 1.